The standard InChI is InChI=1S/C16H13BrCl3NO3S/c1-10-2-4-11(5-3-10)14(22)21-15(16(18,19)20)25(23,24)13-8-6-12(17)7-9-13/h2-9,15H,1H3,(H,21,22)/t15-/m0/s1. The average Bonchev–Trinajstić information content (AvgIpc) is 2.52. The molecule has 0 aromatic heterocycles. The van der Waals surface area contributed by atoms with Crippen molar-refractivity contribution in [3.8, 4) is 0 Å². The van der Waals surface area contributed by atoms with E-state index in [-0.39, 0.29) is 10.5 Å². The molecule has 4 nitrogen and oxygen atoms in total. The van der Waals surface area contributed by atoms with Gasteiger partial charge in [-0.2, -0.15) is 0 Å². The third kappa shape index (κ3) is 5.11. The van der Waals surface area contributed by atoms with Gasteiger partial charge in [0.2, 0.25) is 13.6 Å². The maximum atomic E-state index is 12.8. The molecular weight excluding hydrogens is 473 g/mol. The van der Waals surface area contributed by atoms with E-state index >= 15 is 0 Å². The molecule has 0 saturated heterocycles. The Morgan fingerprint density at radius 1 is 1.04 bits per heavy atom. The van der Waals surface area contributed by atoms with Gasteiger partial charge < -0.3 is 5.32 Å². The molecule has 0 bridgehead atoms. The zero-order valence-corrected chi connectivity index (χ0v) is 17.5. The predicted molar refractivity (Wildman–Crippen MR) is 104 cm³/mol. The molecule has 0 saturated carbocycles. The first-order valence-corrected chi connectivity index (χ1v) is 10.4. The average molecular weight is 486 g/mol. The van der Waals surface area contributed by atoms with Crippen LogP contribution in [0.25, 0.3) is 0 Å². The van der Waals surface area contributed by atoms with E-state index in [0.717, 1.165) is 5.56 Å². The highest BCUT2D eigenvalue weighted by atomic mass is 79.9. The van der Waals surface area contributed by atoms with Crippen LogP contribution >= 0.6 is 50.7 Å². The SMILES string of the molecule is Cc1ccc(C(=O)N[C@H](C(Cl)(Cl)Cl)S(=O)(=O)c2ccc(Br)cc2)cc1. The second kappa shape index (κ2) is 7.84. The molecule has 0 aliphatic heterocycles. The number of rotatable bonds is 4. The van der Waals surface area contributed by atoms with Gasteiger partial charge in [0, 0.05) is 10.0 Å². The zero-order chi connectivity index (χ0) is 18.8. The van der Waals surface area contributed by atoms with Gasteiger partial charge in [0.05, 0.1) is 4.90 Å². The maximum absolute atomic E-state index is 12.8. The van der Waals surface area contributed by atoms with Crippen LogP contribution in [0.4, 0.5) is 0 Å². The fourth-order valence-electron chi connectivity index (χ4n) is 2.00. The molecule has 0 heterocycles. The van der Waals surface area contributed by atoms with Crippen LogP contribution in [0.5, 0.6) is 0 Å². The lowest BCUT2D eigenvalue weighted by Gasteiger charge is -2.25. The first kappa shape index (κ1) is 20.5. The van der Waals surface area contributed by atoms with Gasteiger partial charge in [-0.05, 0) is 43.3 Å². The Kier molecular flexibility index (Phi) is 6.44. The molecule has 2 rings (SSSR count). The zero-order valence-electron chi connectivity index (χ0n) is 12.8. The number of halogens is 4. The summed E-state index contributed by atoms with van der Waals surface area (Å²) < 4.78 is 24.1. The number of sulfone groups is 1. The highest BCUT2D eigenvalue weighted by molar-refractivity contribution is 9.10. The fourth-order valence-corrected chi connectivity index (χ4v) is 4.89. The molecule has 9 heteroatoms. The molecular formula is C16H13BrCl3NO3S. The highest BCUT2D eigenvalue weighted by Crippen LogP contribution is 2.36. The molecule has 0 aliphatic rings. The molecule has 2 aromatic carbocycles. The van der Waals surface area contributed by atoms with Gasteiger partial charge in [-0.3, -0.25) is 4.79 Å². The molecule has 0 aliphatic carbocycles. The van der Waals surface area contributed by atoms with Crippen molar-refractivity contribution in [1.29, 1.82) is 0 Å². The Hall–Kier alpha value is -0.790. The first-order valence-electron chi connectivity index (χ1n) is 6.95. The van der Waals surface area contributed by atoms with Gasteiger partial charge in [0.15, 0.2) is 5.37 Å². The van der Waals surface area contributed by atoms with E-state index in [0.29, 0.717) is 4.47 Å². The maximum Gasteiger partial charge on any atom is 0.252 e. The minimum absolute atomic E-state index is 0.0729. The Morgan fingerprint density at radius 2 is 1.56 bits per heavy atom. The smallest absolute Gasteiger partial charge is 0.252 e. The number of hydrogen-bond acceptors (Lipinski definition) is 3. The van der Waals surface area contributed by atoms with Gasteiger partial charge in [-0.15, -0.1) is 0 Å². The van der Waals surface area contributed by atoms with Crippen LogP contribution in [0.2, 0.25) is 0 Å². The van der Waals surface area contributed by atoms with Crippen molar-refractivity contribution >= 4 is 66.5 Å². The Balaban J connectivity index is 2.38. The lowest BCUT2D eigenvalue weighted by Crippen LogP contribution is -2.49. The van der Waals surface area contributed by atoms with Crippen LogP contribution in [-0.4, -0.2) is 23.5 Å². The van der Waals surface area contributed by atoms with E-state index in [2.05, 4.69) is 21.2 Å². The molecule has 1 atom stereocenters. The van der Waals surface area contributed by atoms with E-state index < -0.39 is 24.9 Å². The van der Waals surface area contributed by atoms with E-state index in [1.807, 2.05) is 6.92 Å². The summed E-state index contributed by atoms with van der Waals surface area (Å²) in [7, 11) is -4.14. The van der Waals surface area contributed by atoms with Crippen molar-refractivity contribution in [2.75, 3.05) is 0 Å². The Morgan fingerprint density at radius 3 is 2.04 bits per heavy atom. The van der Waals surface area contributed by atoms with Crippen molar-refractivity contribution in [2.45, 2.75) is 21.0 Å². The summed E-state index contributed by atoms with van der Waals surface area (Å²) in [5.41, 5.74) is 1.22. The third-order valence-corrected chi connectivity index (χ3v) is 6.92. The van der Waals surface area contributed by atoms with Crippen LogP contribution in [0, 0.1) is 6.92 Å². The van der Waals surface area contributed by atoms with Crippen LogP contribution in [-0.2, 0) is 9.84 Å². The number of aryl methyl sites for hydroxylation is 1. The summed E-state index contributed by atoms with van der Waals surface area (Å²) in [6.45, 7) is 1.86. The van der Waals surface area contributed by atoms with E-state index in [9.17, 15) is 13.2 Å². The Bertz CT molecular complexity index is 863. The fraction of sp³-hybridized carbons (Fsp3) is 0.188. The van der Waals surface area contributed by atoms with E-state index in [1.54, 1.807) is 36.4 Å². The number of alkyl halides is 3. The second-order valence-electron chi connectivity index (χ2n) is 5.26. The molecule has 0 radical (unpaired) electrons. The van der Waals surface area contributed by atoms with Crippen molar-refractivity contribution in [1.82, 2.24) is 5.32 Å². The molecule has 1 N–H and O–H groups in total. The lowest BCUT2D eigenvalue weighted by atomic mass is 10.1. The summed E-state index contributed by atoms with van der Waals surface area (Å²) >= 11 is 20.8. The van der Waals surface area contributed by atoms with E-state index in [1.165, 1.54) is 12.1 Å². The van der Waals surface area contributed by atoms with Gasteiger partial charge in [0.25, 0.3) is 5.91 Å². The molecule has 1 amide bonds. The van der Waals surface area contributed by atoms with Crippen LogP contribution < -0.4 is 5.32 Å². The molecule has 0 unspecified atom stereocenters. The summed E-state index contributed by atoms with van der Waals surface area (Å²) in [6, 6.07) is 12.4. The van der Waals surface area contributed by atoms with Gasteiger partial charge in [0.1, 0.15) is 0 Å². The third-order valence-electron chi connectivity index (χ3n) is 3.33. The highest BCUT2D eigenvalue weighted by Gasteiger charge is 2.44. The molecule has 25 heavy (non-hydrogen) atoms. The number of hydrogen-bond donors (Lipinski definition) is 1. The van der Waals surface area contributed by atoms with Crippen molar-refractivity contribution in [3.05, 3.63) is 64.1 Å². The molecule has 2 aromatic rings. The minimum atomic E-state index is -4.14. The first-order chi connectivity index (χ1) is 11.5. The van der Waals surface area contributed by atoms with Crippen molar-refractivity contribution < 1.29 is 13.2 Å². The van der Waals surface area contributed by atoms with E-state index in [4.69, 9.17) is 34.8 Å². The minimum Gasteiger partial charge on any atom is -0.332 e. The number of carbonyl (C=O) groups is 1. The summed E-state index contributed by atoms with van der Waals surface area (Å²) in [5.74, 6) is -0.656. The number of amides is 1. The lowest BCUT2D eigenvalue weighted by molar-refractivity contribution is 0.0948. The van der Waals surface area contributed by atoms with Crippen LogP contribution in [0.3, 0.4) is 0 Å². The van der Waals surface area contributed by atoms with Gasteiger partial charge in [-0.1, -0.05) is 68.4 Å². The molecule has 134 valence electrons. The summed E-state index contributed by atoms with van der Waals surface area (Å²) in [5, 5.41) is 0.562. The van der Waals surface area contributed by atoms with Crippen LogP contribution in [0.15, 0.2) is 57.9 Å². The number of carbonyl (C=O) groups excluding carboxylic acids is 1. The topological polar surface area (TPSA) is 63.2 Å². The number of benzene rings is 2. The summed E-state index contributed by atoms with van der Waals surface area (Å²) in [4.78, 5) is 12.3. The largest absolute Gasteiger partial charge is 0.332 e. The monoisotopic (exact) mass is 483 g/mol. The van der Waals surface area contributed by atoms with Crippen LogP contribution in [0.1, 0.15) is 15.9 Å². The predicted octanol–water partition coefficient (Wildman–Crippen LogP) is 4.66. The second-order valence-corrected chi connectivity index (χ2v) is 10.6. The number of nitrogens with one attached hydrogen (secondary N) is 1. The quantitative estimate of drug-likeness (QED) is 0.641. The molecule has 0 fully saturated rings. The van der Waals surface area contributed by atoms with Gasteiger partial charge >= 0.3 is 0 Å². The van der Waals surface area contributed by atoms with Gasteiger partial charge in [-0.25, -0.2) is 8.42 Å². The van der Waals surface area contributed by atoms with Crippen molar-refractivity contribution in [2.24, 2.45) is 0 Å². The molecule has 0 spiro atoms. The summed E-state index contributed by atoms with van der Waals surface area (Å²) in [6.07, 6.45) is 0. The normalized spacial score (nSPS) is 13.3. The van der Waals surface area contributed by atoms with Crippen molar-refractivity contribution in [3.63, 3.8) is 0 Å². The Labute approximate surface area is 169 Å².